The molecule has 0 saturated heterocycles. The molecule has 2 aliphatic carbocycles. The molecule has 2 bridgehead atoms. The minimum atomic E-state index is 0.146. The Balaban J connectivity index is 2.11. The average Bonchev–Trinajstić information content (AvgIpc) is 2.62. The van der Waals surface area contributed by atoms with Gasteiger partial charge in [0.15, 0.2) is 0 Å². The summed E-state index contributed by atoms with van der Waals surface area (Å²) in [6.45, 7) is 13.6. The van der Waals surface area contributed by atoms with Crippen LogP contribution in [-0.4, -0.2) is 5.78 Å². The first-order valence-electron chi connectivity index (χ1n) is 7.25. The second-order valence-electron chi connectivity index (χ2n) is 7.87. The summed E-state index contributed by atoms with van der Waals surface area (Å²) in [4.78, 5) is 12.5. The lowest BCUT2D eigenvalue weighted by Gasteiger charge is -2.37. The van der Waals surface area contributed by atoms with Crippen molar-refractivity contribution in [1.29, 1.82) is 0 Å². The molecular weight excluding hydrogens is 208 g/mol. The highest BCUT2D eigenvalue weighted by Gasteiger charge is 2.55. The van der Waals surface area contributed by atoms with E-state index in [2.05, 4.69) is 41.5 Å². The summed E-state index contributed by atoms with van der Waals surface area (Å²) < 4.78 is 0. The number of Topliss-reactive ketones (excluding diaryl/α,β-unsaturated/α-hetero) is 1. The lowest BCUT2D eigenvalue weighted by atomic mass is 9.67. The molecule has 0 aromatic heterocycles. The molecule has 6 atom stereocenters. The molecule has 2 saturated carbocycles. The zero-order chi connectivity index (χ0) is 13.0. The first kappa shape index (κ1) is 13.1. The number of ketones is 1. The largest absolute Gasteiger partial charge is 0.299 e. The Kier molecular flexibility index (Phi) is 3.16. The summed E-state index contributed by atoms with van der Waals surface area (Å²) in [5.41, 5.74) is 0.146. The molecule has 0 aliphatic heterocycles. The molecular formula is C16H28O. The summed E-state index contributed by atoms with van der Waals surface area (Å²) in [5.74, 6) is 4.60. The highest BCUT2D eigenvalue weighted by atomic mass is 16.1. The third kappa shape index (κ3) is 2.18. The fraction of sp³-hybridized carbons (Fsp3) is 0.938. The van der Waals surface area contributed by atoms with Crippen LogP contribution in [0.25, 0.3) is 0 Å². The van der Waals surface area contributed by atoms with Crippen molar-refractivity contribution in [3.05, 3.63) is 0 Å². The Hall–Kier alpha value is -0.330. The highest BCUT2D eigenvalue weighted by molar-refractivity contribution is 5.82. The maximum absolute atomic E-state index is 12.5. The number of fused-ring (bicyclic) bond motifs is 2. The van der Waals surface area contributed by atoms with Crippen molar-refractivity contribution in [3.63, 3.8) is 0 Å². The van der Waals surface area contributed by atoms with Crippen LogP contribution in [0.15, 0.2) is 0 Å². The number of carbonyl (C=O) groups is 1. The van der Waals surface area contributed by atoms with Crippen LogP contribution in [0.3, 0.4) is 0 Å². The molecule has 0 radical (unpaired) electrons. The van der Waals surface area contributed by atoms with Crippen molar-refractivity contribution in [2.75, 3.05) is 0 Å². The lowest BCUT2D eigenvalue weighted by Crippen LogP contribution is -2.36. The molecule has 98 valence electrons. The Morgan fingerprint density at radius 2 is 1.53 bits per heavy atom. The SMILES string of the molecule is CC1C(C)C2CC1C(C)C2C(=O)CC(C)(C)C. The molecule has 1 heteroatoms. The predicted molar refractivity (Wildman–Crippen MR) is 71.7 cm³/mol. The Bertz CT molecular complexity index is 312. The second kappa shape index (κ2) is 4.10. The minimum Gasteiger partial charge on any atom is -0.299 e. The predicted octanol–water partition coefficient (Wildman–Crippen LogP) is 4.17. The van der Waals surface area contributed by atoms with Gasteiger partial charge in [0.1, 0.15) is 5.78 Å². The molecule has 2 rings (SSSR count). The van der Waals surface area contributed by atoms with Crippen molar-refractivity contribution < 1.29 is 4.79 Å². The van der Waals surface area contributed by atoms with Gasteiger partial charge in [-0.1, -0.05) is 41.5 Å². The van der Waals surface area contributed by atoms with E-state index in [1.54, 1.807) is 0 Å². The van der Waals surface area contributed by atoms with Crippen LogP contribution < -0.4 is 0 Å². The molecule has 0 aromatic rings. The van der Waals surface area contributed by atoms with E-state index in [1.165, 1.54) is 6.42 Å². The first-order chi connectivity index (χ1) is 7.72. The van der Waals surface area contributed by atoms with Crippen molar-refractivity contribution >= 4 is 5.78 Å². The van der Waals surface area contributed by atoms with Gasteiger partial charge in [0.05, 0.1) is 0 Å². The molecule has 0 N–H and O–H groups in total. The second-order valence-corrected chi connectivity index (χ2v) is 7.87. The van der Waals surface area contributed by atoms with Crippen molar-refractivity contribution in [2.24, 2.45) is 40.9 Å². The van der Waals surface area contributed by atoms with Crippen molar-refractivity contribution in [3.8, 4) is 0 Å². The van der Waals surface area contributed by atoms with Gasteiger partial charge in [-0.25, -0.2) is 0 Å². The Labute approximate surface area is 106 Å². The van der Waals surface area contributed by atoms with Gasteiger partial charge < -0.3 is 0 Å². The molecule has 0 heterocycles. The minimum absolute atomic E-state index is 0.146. The van der Waals surface area contributed by atoms with Gasteiger partial charge in [-0.3, -0.25) is 4.79 Å². The third-order valence-corrected chi connectivity index (χ3v) is 5.50. The van der Waals surface area contributed by atoms with E-state index in [-0.39, 0.29) is 5.41 Å². The van der Waals surface area contributed by atoms with Crippen molar-refractivity contribution in [1.82, 2.24) is 0 Å². The van der Waals surface area contributed by atoms with Gasteiger partial charge >= 0.3 is 0 Å². The smallest absolute Gasteiger partial charge is 0.137 e. The van der Waals surface area contributed by atoms with E-state index in [0.717, 1.165) is 24.2 Å². The van der Waals surface area contributed by atoms with Crippen molar-refractivity contribution in [2.45, 2.75) is 54.4 Å². The summed E-state index contributed by atoms with van der Waals surface area (Å²) in [7, 11) is 0. The van der Waals surface area contributed by atoms with Gasteiger partial charge in [-0.15, -0.1) is 0 Å². The topological polar surface area (TPSA) is 17.1 Å². The summed E-state index contributed by atoms with van der Waals surface area (Å²) in [6.07, 6.45) is 2.07. The summed E-state index contributed by atoms with van der Waals surface area (Å²) >= 11 is 0. The fourth-order valence-electron chi connectivity index (χ4n) is 4.52. The first-order valence-corrected chi connectivity index (χ1v) is 7.25. The van der Waals surface area contributed by atoms with Crippen LogP contribution in [0, 0.1) is 40.9 Å². The van der Waals surface area contributed by atoms with Crippen LogP contribution in [-0.2, 0) is 4.79 Å². The van der Waals surface area contributed by atoms with Crippen LogP contribution in [0.2, 0.25) is 0 Å². The molecule has 2 fully saturated rings. The Morgan fingerprint density at radius 1 is 1.00 bits per heavy atom. The van der Waals surface area contributed by atoms with Crippen LogP contribution in [0.5, 0.6) is 0 Å². The molecule has 17 heavy (non-hydrogen) atoms. The zero-order valence-corrected chi connectivity index (χ0v) is 12.3. The highest BCUT2D eigenvalue weighted by Crippen LogP contribution is 2.58. The molecule has 6 unspecified atom stereocenters. The van der Waals surface area contributed by atoms with E-state index < -0.39 is 0 Å². The number of carbonyl (C=O) groups excluding carboxylic acids is 1. The van der Waals surface area contributed by atoms with E-state index in [4.69, 9.17) is 0 Å². The number of hydrogen-bond acceptors (Lipinski definition) is 1. The fourth-order valence-corrected chi connectivity index (χ4v) is 4.52. The zero-order valence-electron chi connectivity index (χ0n) is 12.3. The molecule has 0 aromatic carbocycles. The van der Waals surface area contributed by atoms with E-state index in [1.807, 2.05) is 0 Å². The van der Waals surface area contributed by atoms with Gasteiger partial charge in [-0.05, 0) is 41.4 Å². The van der Waals surface area contributed by atoms with E-state index in [9.17, 15) is 4.79 Å². The molecule has 2 aliphatic rings. The van der Waals surface area contributed by atoms with E-state index in [0.29, 0.717) is 23.5 Å². The maximum atomic E-state index is 12.5. The molecule has 1 nitrogen and oxygen atoms in total. The maximum Gasteiger partial charge on any atom is 0.137 e. The van der Waals surface area contributed by atoms with Crippen LogP contribution >= 0.6 is 0 Å². The molecule has 0 amide bonds. The number of hydrogen-bond donors (Lipinski definition) is 0. The number of rotatable bonds is 2. The quantitative estimate of drug-likeness (QED) is 0.703. The van der Waals surface area contributed by atoms with Gasteiger partial charge in [-0.2, -0.15) is 0 Å². The van der Waals surface area contributed by atoms with Gasteiger partial charge in [0.25, 0.3) is 0 Å². The lowest BCUT2D eigenvalue weighted by molar-refractivity contribution is -0.129. The Morgan fingerprint density at radius 3 is 2.00 bits per heavy atom. The summed E-state index contributed by atoms with van der Waals surface area (Å²) in [5, 5.41) is 0. The van der Waals surface area contributed by atoms with Gasteiger partial charge in [0, 0.05) is 12.3 Å². The van der Waals surface area contributed by atoms with Crippen LogP contribution in [0.1, 0.15) is 54.4 Å². The summed E-state index contributed by atoms with van der Waals surface area (Å²) in [6, 6.07) is 0. The van der Waals surface area contributed by atoms with Gasteiger partial charge in [0.2, 0.25) is 0 Å². The van der Waals surface area contributed by atoms with Crippen LogP contribution in [0.4, 0.5) is 0 Å². The molecule has 0 spiro atoms. The normalized spacial score (nSPS) is 45.3. The average molecular weight is 236 g/mol. The van der Waals surface area contributed by atoms with E-state index >= 15 is 0 Å². The standard InChI is InChI=1S/C16H28O/c1-9-10(2)13-7-12(9)11(3)15(13)14(17)8-16(4,5)6/h9-13,15H,7-8H2,1-6H3. The monoisotopic (exact) mass is 236 g/mol. The third-order valence-electron chi connectivity index (χ3n) is 5.50.